The number of carbonyl (C=O) groups excluding carboxylic acids is 12. The second kappa shape index (κ2) is 34.2. The predicted octanol–water partition coefficient (Wildman–Crippen LogP) is 5.69. The molecule has 0 aromatic heterocycles. The quantitative estimate of drug-likeness (QED) is 0.0360. The molecule has 9 rings (SSSR count). The second-order valence-corrected chi connectivity index (χ2v) is 30.0. The molecule has 576 valence electrons. The van der Waals surface area contributed by atoms with Gasteiger partial charge in [0.25, 0.3) is 11.8 Å². The Hall–Kier alpha value is -10.7. The first-order chi connectivity index (χ1) is 50.2. The lowest BCUT2D eigenvalue weighted by atomic mass is 9.83. The minimum absolute atomic E-state index is 0.0235. The van der Waals surface area contributed by atoms with Gasteiger partial charge in [0, 0.05) is 63.5 Å². The molecule has 2 saturated carbocycles. The number of likely N-dealkylation sites (N-methyl/N-ethyl adjacent to an activating group) is 4. The smallest absolute Gasteiger partial charge is 0.329 e. The number of cyclic esters (lactones) is 2. The van der Waals surface area contributed by atoms with E-state index < -0.39 is 196 Å². The molecule has 3 aromatic rings. The summed E-state index contributed by atoms with van der Waals surface area (Å²) in [5.41, 5.74) is 5.29. The number of carbonyl (C=O) groups is 12. The number of aryl methyl sites for hydroxylation is 1. The molecule has 2 saturated heterocycles. The van der Waals surface area contributed by atoms with Crippen LogP contribution in [0.3, 0.4) is 0 Å². The molecule has 8 amide bonds. The van der Waals surface area contributed by atoms with Gasteiger partial charge in [-0.2, -0.15) is 0 Å². The number of esters is 2. The summed E-state index contributed by atoms with van der Waals surface area (Å²) >= 11 is 0. The molecule has 3 aliphatic carbocycles. The van der Waals surface area contributed by atoms with Crippen LogP contribution in [0.5, 0.6) is 17.2 Å². The SMILES string of the molecule is Cc1c2oc3c(C)ccc(C(=O)NC4C(=O)NC(C(C)C)C(=O)C5CCCC5C(=O)N(C)CC(=O)N(C)C(C(C)C)C(=O)OC4C)c3nc-2c(C(=O)NC2C(=O)NC(C(C)C)C(=O)C3CCCC3C(=O)N(C)CC(=O)N(C)C(C(C)C)C(=O)OC2C)c(N)c1=O.Oc1ccc(C=Cc2cc(O)cc(O)c2)cc1. The van der Waals surface area contributed by atoms with E-state index in [0.717, 1.165) is 15.4 Å². The van der Waals surface area contributed by atoms with Gasteiger partial charge >= 0.3 is 11.9 Å². The Morgan fingerprint density at radius 1 is 0.570 bits per heavy atom. The number of rotatable bonds is 10. The van der Waals surface area contributed by atoms with Crippen LogP contribution in [0, 0.1) is 61.2 Å². The minimum atomic E-state index is -1.86. The van der Waals surface area contributed by atoms with Gasteiger partial charge in [0.15, 0.2) is 22.9 Å². The fourth-order valence-electron chi connectivity index (χ4n) is 14.7. The number of nitrogens with zero attached hydrogens (tertiary/aromatic N) is 5. The molecular formula is C78H100N10O19. The van der Waals surface area contributed by atoms with Crippen LogP contribution in [0.25, 0.3) is 34.7 Å². The lowest BCUT2D eigenvalue weighted by molar-refractivity contribution is -0.163. The van der Waals surface area contributed by atoms with Crippen molar-refractivity contribution in [3.63, 3.8) is 0 Å². The molecule has 6 aliphatic rings. The molecule has 0 radical (unpaired) electrons. The molecule has 0 spiro atoms. The first kappa shape index (κ1) is 81.9. The zero-order valence-electron chi connectivity index (χ0n) is 63.4. The third-order valence-corrected chi connectivity index (χ3v) is 20.6. The third kappa shape index (κ3) is 18.2. The van der Waals surface area contributed by atoms with Gasteiger partial charge in [-0.05, 0) is 124 Å². The van der Waals surface area contributed by atoms with Crippen molar-refractivity contribution in [3.8, 4) is 28.7 Å². The normalized spacial score (nSPS) is 25.1. The highest BCUT2D eigenvalue weighted by atomic mass is 16.6. The molecule has 12 unspecified atom stereocenters. The summed E-state index contributed by atoms with van der Waals surface area (Å²) in [6, 6.07) is 5.40. The number of nitrogen functional groups attached to an aromatic ring is 1. The predicted molar refractivity (Wildman–Crippen MR) is 394 cm³/mol. The number of anilines is 1. The standard InChI is InChI=1S/C64H88N10O16.C14H12O3/c1-27(2)44-53(78)35-19-17-21-37(35)61(84)71(13)25-40(75)73(15)50(29(5)6)63(86)88-33(11)46(59(82)67-44)69-57(80)39-24-23-31(9)55-48(39)66-49-42(43(65)52(77)32(10)56(49)90-55)58(81)70-47-34(12)89-64(87)51(30(7)8)74(16)41(76)26-72(14)62(85)38-22-18-20-36(38)54(79)45(28(3)4)68-60(47)83;15-12-5-3-10(4-6-12)1-2-11-7-13(16)9-14(17)8-11/h23-24,27-30,33-38,44-47,50-51H,17-22,25-26,65H2,1-16H3,(H,67,82)(H,68,83)(H,69,80)(H,70,81);1-9,15-17H. The Morgan fingerprint density at radius 3 is 1.44 bits per heavy atom. The maximum absolute atomic E-state index is 15.2. The van der Waals surface area contributed by atoms with Gasteiger partial charge < -0.3 is 75.8 Å². The van der Waals surface area contributed by atoms with Gasteiger partial charge in [0.1, 0.15) is 64.8 Å². The van der Waals surface area contributed by atoms with Crippen LogP contribution in [0.15, 0.2) is 63.8 Å². The van der Waals surface area contributed by atoms with Gasteiger partial charge in [0.05, 0.1) is 42.0 Å². The molecule has 29 heteroatoms. The highest BCUT2D eigenvalue weighted by Crippen LogP contribution is 2.39. The summed E-state index contributed by atoms with van der Waals surface area (Å²) in [4.78, 5) is 197. The Bertz CT molecular complexity index is 4320. The Labute approximate surface area is 621 Å². The molecule has 107 heavy (non-hydrogen) atoms. The van der Waals surface area contributed by atoms with Crippen LogP contribution in [-0.2, 0) is 57.4 Å². The Balaban J connectivity index is 0.000000741. The highest BCUT2D eigenvalue weighted by molar-refractivity contribution is 6.11. The van der Waals surface area contributed by atoms with Gasteiger partial charge in [0.2, 0.25) is 40.9 Å². The van der Waals surface area contributed by atoms with Gasteiger partial charge in [-0.25, -0.2) is 14.6 Å². The van der Waals surface area contributed by atoms with Crippen LogP contribution in [-0.4, -0.2) is 200 Å². The molecule has 3 aliphatic heterocycles. The molecule has 12 atom stereocenters. The van der Waals surface area contributed by atoms with Crippen molar-refractivity contribution in [1.29, 1.82) is 0 Å². The number of ether oxygens (including phenoxy) is 2. The minimum Gasteiger partial charge on any atom is -0.508 e. The first-order valence-electron chi connectivity index (χ1n) is 36.1. The number of benzene rings is 4. The Morgan fingerprint density at radius 2 is 1.00 bits per heavy atom. The van der Waals surface area contributed by atoms with E-state index in [9.17, 15) is 63.0 Å². The van der Waals surface area contributed by atoms with Crippen molar-refractivity contribution in [2.75, 3.05) is 47.0 Å². The lowest BCUT2D eigenvalue weighted by Crippen LogP contribution is -2.59. The first-order valence-corrected chi connectivity index (χ1v) is 36.1. The molecule has 3 aromatic carbocycles. The summed E-state index contributed by atoms with van der Waals surface area (Å²) in [5.74, 6) is -14.6. The zero-order chi connectivity index (χ0) is 79.2. The van der Waals surface area contributed by atoms with Gasteiger partial charge in [-0.3, -0.25) is 52.7 Å². The molecule has 9 N–H and O–H groups in total. The highest BCUT2D eigenvalue weighted by Gasteiger charge is 2.48. The number of nitrogens with one attached hydrogen (secondary N) is 4. The largest absolute Gasteiger partial charge is 0.508 e. The summed E-state index contributed by atoms with van der Waals surface area (Å²) < 4.78 is 18.3. The molecule has 0 bridgehead atoms. The third-order valence-electron chi connectivity index (χ3n) is 20.6. The summed E-state index contributed by atoms with van der Waals surface area (Å²) in [6.45, 7) is 18.3. The number of hydrogen-bond acceptors (Lipinski definition) is 21. The molecule has 4 fully saturated rings. The van der Waals surface area contributed by atoms with Crippen molar-refractivity contribution < 1.29 is 86.7 Å². The van der Waals surface area contributed by atoms with E-state index in [1.165, 1.54) is 77.0 Å². The van der Waals surface area contributed by atoms with Crippen LogP contribution in [0.1, 0.15) is 151 Å². The fraction of sp³-hybridized carbons (Fsp3) is 0.513. The molecule has 29 nitrogen and oxygen atoms in total. The number of ketones is 2. The fourth-order valence-corrected chi connectivity index (χ4v) is 14.7. The number of fused-ring (bicyclic) bond motifs is 4. The zero-order valence-corrected chi connectivity index (χ0v) is 63.4. The number of amides is 8. The van der Waals surface area contributed by atoms with E-state index in [0.29, 0.717) is 49.7 Å². The van der Waals surface area contributed by atoms with E-state index in [1.807, 2.05) is 6.08 Å². The lowest BCUT2D eigenvalue weighted by Gasteiger charge is -2.35. The number of phenolic OH excluding ortho intramolecular Hbond substituents is 3. The maximum atomic E-state index is 15.2. The molecular weight excluding hydrogens is 1380 g/mol. The van der Waals surface area contributed by atoms with E-state index >= 15 is 9.59 Å². The van der Waals surface area contributed by atoms with E-state index in [-0.39, 0.29) is 50.9 Å². The number of hydrogen-bond donors (Lipinski definition) is 8. The summed E-state index contributed by atoms with van der Waals surface area (Å²) in [6.07, 6.45) is 2.94. The summed E-state index contributed by atoms with van der Waals surface area (Å²) in [7, 11) is 5.66. The van der Waals surface area contributed by atoms with Crippen molar-refractivity contribution in [2.45, 2.75) is 170 Å². The number of nitrogens with two attached hydrogens (primary N) is 1. The van der Waals surface area contributed by atoms with Crippen LogP contribution in [0.4, 0.5) is 5.69 Å². The second-order valence-electron chi connectivity index (χ2n) is 30.0. The average Bonchev–Trinajstić information content (AvgIpc) is 1.13. The number of aromatic nitrogens is 1. The van der Waals surface area contributed by atoms with Crippen LogP contribution in [0.2, 0.25) is 0 Å². The van der Waals surface area contributed by atoms with E-state index in [2.05, 4.69) is 21.3 Å². The van der Waals surface area contributed by atoms with Crippen molar-refractivity contribution in [3.05, 3.63) is 98.2 Å². The topological polar surface area (TPSA) is 414 Å². The molecule has 3 heterocycles. The van der Waals surface area contributed by atoms with Crippen molar-refractivity contribution >= 4 is 99.7 Å². The van der Waals surface area contributed by atoms with Crippen LogP contribution >= 0.6 is 0 Å². The van der Waals surface area contributed by atoms with Gasteiger partial charge in [-0.1, -0.05) is 98.6 Å². The average molecular weight is 1480 g/mol. The van der Waals surface area contributed by atoms with E-state index in [1.54, 1.807) is 105 Å². The number of Topliss-reactive ketones (excluding diaryl/α,β-unsaturated/α-hetero) is 2. The monoisotopic (exact) mass is 1480 g/mol. The van der Waals surface area contributed by atoms with E-state index in [4.69, 9.17) is 29.7 Å². The number of aromatic hydroxyl groups is 3. The van der Waals surface area contributed by atoms with Crippen molar-refractivity contribution in [2.24, 2.45) is 47.3 Å². The van der Waals surface area contributed by atoms with Crippen LogP contribution < -0.4 is 32.4 Å². The van der Waals surface area contributed by atoms with Crippen molar-refractivity contribution in [1.82, 2.24) is 45.9 Å². The van der Waals surface area contributed by atoms with Gasteiger partial charge in [-0.15, -0.1) is 0 Å². The summed E-state index contributed by atoms with van der Waals surface area (Å²) in [5, 5.41) is 38.5. The Kier molecular flexibility index (Phi) is 26.2. The number of phenols is 3. The maximum Gasteiger partial charge on any atom is 0.329 e.